The predicted molar refractivity (Wildman–Crippen MR) is 79.9 cm³/mol. The van der Waals surface area contributed by atoms with Crippen molar-refractivity contribution in [2.45, 2.75) is 32.9 Å². The van der Waals surface area contributed by atoms with E-state index in [1.165, 1.54) is 4.88 Å². The fourth-order valence-corrected chi connectivity index (χ4v) is 3.11. The van der Waals surface area contributed by atoms with Gasteiger partial charge in [-0.3, -0.25) is 0 Å². The average Bonchev–Trinajstić information content (AvgIpc) is 2.82. The minimum atomic E-state index is 0.265. The first-order chi connectivity index (χ1) is 9.17. The lowest BCUT2D eigenvalue weighted by molar-refractivity contribution is 0.171. The van der Waals surface area contributed by atoms with Crippen LogP contribution >= 0.6 is 11.3 Å². The lowest BCUT2D eigenvalue weighted by Gasteiger charge is -2.28. The van der Waals surface area contributed by atoms with Crippen LogP contribution in [0.25, 0.3) is 0 Å². The Labute approximate surface area is 119 Å². The molecule has 0 aromatic carbocycles. The molecule has 0 bridgehead atoms. The highest BCUT2D eigenvalue weighted by Gasteiger charge is 2.19. The molecule has 0 spiro atoms. The van der Waals surface area contributed by atoms with Gasteiger partial charge in [0.05, 0.1) is 24.9 Å². The largest absolute Gasteiger partial charge is 0.383 e. The van der Waals surface area contributed by atoms with Gasteiger partial charge in [-0.1, -0.05) is 6.92 Å². The standard InChI is InChI=1S/C13H25N3O2S/c1-5-11-12(8-14)19-13(15-11)16(6-7-17-3)10(2)9-18-4/h10H,5-9,14H2,1-4H3. The molecule has 5 nitrogen and oxygen atoms in total. The Morgan fingerprint density at radius 2 is 2.11 bits per heavy atom. The molecule has 2 N–H and O–H groups in total. The zero-order chi connectivity index (χ0) is 14.3. The van der Waals surface area contributed by atoms with E-state index in [1.807, 2.05) is 0 Å². The van der Waals surface area contributed by atoms with Crippen molar-refractivity contribution >= 4 is 16.5 Å². The maximum atomic E-state index is 5.78. The van der Waals surface area contributed by atoms with E-state index in [0.29, 0.717) is 19.8 Å². The quantitative estimate of drug-likeness (QED) is 0.748. The fourth-order valence-electron chi connectivity index (χ4n) is 1.95. The van der Waals surface area contributed by atoms with E-state index in [9.17, 15) is 0 Å². The second kappa shape index (κ2) is 8.47. The summed E-state index contributed by atoms with van der Waals surface area (Å²) in [5.74, 6) is 0. The van der Waals surface area contributed by atoms with Crippen molar-refractivity contribution in [1.29, 1.82) is 0 Å². The summed E-state index contributed by atoms with van der Waals surface area (Å²) in [5.41, 5.74) is 6.88. The highest BCUT2D eigenvalue weighted by molar-refractivity contribution is 7.15. The van der Waals surface area contributed by atoms with E-state index >= 15 is 0 Å². The second-order valence-electron chi connectivity index (χ2n) is 4.41. The van der Waals surface area contributed by atoms with Crippen molar-refractivity contribution in [3.63, 3.8) is 0 Å². The number of aryl methyl sites for hydroxylation is 1. The van der Waals surface area contributed by atoms with Crippen LogP contribution in [0.2, 0.25) is 0 Å². The van der Waals surface area contributed by atoms with Crippen LogP contribution in [0, 0.1) is 0 Å². The minimum Gasteiger partial charge on any atom is -0.383 e. The van der Waals surface area contributed by atoms with Gasteiger partial charge < -0.3 is 20.1 Å². The Hall–Kier alpha value is -0.690. The van der Waals surface area contributed by atoms with E-state index in [-0.39, 0.29) is 6.04 Å². The van der Waals surface area contributed by atoms with Crippen molar-refractivity contribution in [3.8, 4) is 0 Å². The predicted octanol–water partition coefficient (Wildman–Crippen LogP) is 1.65. The number of methoxy groups -OCH3 is 2. The van der Waals surface area contributed by atoms with Gasteiger partial charge in [-0.2, -0.15) is 0 Å². The second-order valence-corrected chi connectivity index (χ2v) is 5.48. The van der Waals surface area contributed by atoms with Crippen LogP contribution in [-0.2, 0) is 22.4 Å². The zero-order valence-corrected chi connectivity index (χ0v) is 13.1. The summed E-state index contributed by atoms with van der Waals surface area (Å²) >= 11 is 1.68. The molecule has 6 heteroatoms. The summed E-state index contributed by atoms with van der Waals surface area (Å²) in [4.78, 5) is 8.11. The Balaban J connectivity index is 2.92. The molecule has 0 saturated carbocycles. The Kier molecular flexibility index (Phi) is 7.30. The number of nitrogens with two attached hydrogens (primary N) is 1. The summed E-state index contributed by atoms with van der Waals surface area (Å²) in [6.07, 6.45) is 0.916. The first-order valence-corrected chi connectivity index (χ1v) is 7.42. The molecule has 0 radical (unpaired) electrons. The van der Waals surface area contributed by atoms with Crippen molar-refractivity contribution in [3.05, 3.63) is 10.6 Å². The molecule has 1 heterocycles. The molecule has 0 aliphatic carbocycles. The molecule has 1 rings (SSSR count). The number of aromatic nitrogens is 1. The van der Waals surface area contributed by atoms with Crippen molar-refractivity contribution < 1.29 is 9.47 Å². The van der Waals surface area contributed by atoms with Gasteiger partial charge >= 0.3 is 0 Å². The average molecular weight is 287 g/mol. The third-order valence-electron chi connectivity index (χ3n) is 3.01. The molecule has 0 saturated heterocycles. The molecule has 0 aliphatic heterocycles. The SMILES string of the molecule is CCc1nc(N(CCOC)C(C)COC)sc1CN. The Morgan fingerprint density at radius 1 is 1.37 bits per heavy atom. The number of hydrogen-bond donors (Lipinski definition) is 1. The normalized spacial score (nSPS) is 12.7. The van der Waals surface area contributed by atoms with Gasteiger partial charge in [0.15, 0.2) is 5.13 Å². The van der Waals surface area contributed by atoms with Crippen LogP contribution in [0.3, 0.4) is 0 Å². The van der Waals surface area contributed by atoms with Gasteiger partial charge in [-0.25, -0.2) is 4.98 Å². The van der Waals surface area contributed by atoms with Crippen molar-refractivity contribution in [2.24, 2.45) is 5.73 Å². The van der Waals surface area contributed by atoms with Gasteiger partial charge in [0.25, 0.3) is 0 Å². The zero-order valence-electron chi connectivity index (χ0n) is 12.3. The number of rotatable bonds is 9. The molecule has 1 unspecified atom stereocenters. The molecular weight excluding hydrogens is 262 g/mol. The first-order valence-electron chi connectivity index (χ1n) is 6.61. The summed E-state index contributed by atoms with van der Waals surface area (Å²) in [7, 11) is 3.43. The lowest BCUT2D eigenvalue weighted by Crippen LogP contribution is -2.38. The van der Waals surface area contributed by atoms with Gasteiger partial charge in [0, 0.05) is 32.2 Å². The van der Waals surface area contributed by atoms with E-state index in [4.69, 9.17) is 20.2 Å². The molecule has 1 aromatic heterocycles. The van der Waals surface area contributed by atoms with Crippen molar-refractivity contribution in [2.75, 3.05) is 38.9 Å². The molecular formula is C13H25N3O2S. The van der Waals surface area contributed by atoms with Gasteiger partial charge in [-0.15, -0.1) is 11.3 Å². The maximum Gasteiger partial charge on any atom is 0.186 e. The van der Waals surface area contributed by atoms with Crippen LogP contribution in [0.4, 0.5) is 5.13 Å². The van der Waals surface area contributed by atoms with E-state index in [1.54, 1.807) is 25.6 Å². The molecule has 0 fully saturated rings. The Bertz CT molecular complexity index is 349. The van der Waals surface area contributed by atoms with Crippen LogP contribution in [0.1, 0.15) is 24.4 Å². The highest BCUT2D eigenvalue weighted by Crippen LogP contribution is 2.28. The number of ether oxygens (including phenoxy) is 2. The topological polar surface area (TPSA) is 60.6 Å². The van der Waals surface area contributed by atoms with E-state index < -0.39 is 0 Å². The van der Waals surface area contributed by atoms with Gasteiger partial charge in [0.1, 0.15) is 0 Å². The summed E-state index contributed by atoms with van der Waals surface area (Å²) in [6, 6.07) is 0.265. The van der Waals surface area contributed by atoms with Gasteiger partial charge in [0.2, 0.25) is 0 Å². The van der Waals surface area contributed by atoms with E-state index in [2.05, 4.69) is 18.7 Å². The molecule has 0 amide bonds. The Morgan fingerprint density at radius 3 is 2.58 bits per heavy atom. The van der Waals surface area contributed by atoms with Gasteiger partial charge in [-0.05, 0) is 13.3 Å². The number of thiazole rings is 1. The van der Waals surface area contributed by atoms with Crippen LogP contribution in [0.15, 0.2) is 0 Å². The first kappa shape index (κ1) is 16.4. The molecule has 1 aromatic rings. The number of hydrogen-bond acceptors (Lipinski definition) is 6. The molecule has 19 heavy (non-hydrogen) atoms. The fraction of sp³-hybridized carbons (Fsp3) is 0.769. The number of anilines is 1. The lowest BCUT2D eigenvalue weighted by atomic mass is 10.3. The third kappa shape index (κ3) is 4.42. The minimum absolute atomic E-state index is 0.265. The van der Waals surface area contributed by atoms with Crippen LogP contribution < -0.4 is 10.6 Å². The smallest absolute Gasteiger partial charge is 0.186 e. The molecule has 0 aliphatic rings. The number of nitrogens with zero attached hydrogens (tertiary/aromatic N) is 2. The molecule has 110 valence electrons. The summed E-state index contributed by atoms with van der Waals surface area (Å²) < 4.78 is 10.4. The maximum absolute atomic E-state index is 5.78. The monoisotopic (exact) mass is 287 g/mol. The van der Waals surface area contributed by atoms with Crippen molar-refractivity contribution in [1.82, 2.24) is 4.98 Å². The summed E-state index contributed by atoms with van der Waals surface area (Å²) in [6.45, 7) is 6.94. The van der Waals surface area contributed by atoms with Crippen LogP contribution in [-0.4, -0.2) is 45.0 Å². The van der Waals surface area contributed by atoms with Crippen LogP contribution in [0.5, 0.6) is 0 Å². The summed E-state index contributed by atoms with van der Waals surface area (Å²) in [5, 5.41) is 1.01. The van der Waals surface area contributed by atoms with E-state index in [0.717, 1.165) is 23.8 Å². The highest BCUT2D eigenvalue weighted by atomic mass is 32.1. The molecule has 1 atom stereocenters. The third-order valence-corrected chi connectivity index (χ3v) is 4.17.